The van der Waals surface area contributed by atoms with Crippen molar-refractivity contribution in [3.63, 3.8) is 0 Å². The highest BCUT2D eigenvalue weighted by Crippen LogP contribution is 2.25. The molecule has 0 aliphatic carbocycles. The molecule has 0 saturated carbocycles. The van der Waals surface area contributed by atoms with Crippen LogP contribution in [0.5, 0.6) is 0 Å². The maximum absolute atomic E-state index is 3.47. The third-order valence-electron chi connectivity index (χ3n) is 2.49. The van der Waals surface area contributed by atoms with Crippen molar-refractivity contribution in [2.75, 3.05) is 13.1 Å². The summed E-state index contributed by atoms with van der Waals surface area (Å²) in [6.07, 6.45) is 3.68. The maximum Gasteiger partial charge on any atom is 0.00374 e. The second-order valence-corrected chi connectivity index (χ2v) is 4.79. The van der Waals surface area contributed by atoms with Crippen LogP contribution in [0, 0.1) is 11.3 Å². The zero-order valence-corrected chi connectivity index (χ0v) is 8.78. The summed E-state index contributed by atoms with van der Waals surface area (Å²) in [5.74, 6) is 0.712. The lowest BCUT2D eigenvalue weighted by Crippen LogP contribution is -2.26. The molecule has 1 aliphatic heterocycles. The van der Waals surface area contributed by atoms with E-state index in [4.69, 9.17) is 0 Å². The van der Waals surface area contributed by atoms with Crippen LogP contribution in [0.15, 0.2) is 11.6 Å². The first-order valence-electron chi connectivity index (χ1n) is 4.93. The van der Waals surface area contributed by atoms with Gasteiger partial charge in [0.05, 0.1) is 0 Å². The topological polar surface area (TPSA) is 12.0 Å². The second kappa shape index (κ2) is 3.61. The molecule has 0 aromatic heterocycles. The molecule has 1 rings (SSSR count). The smallest absolute Gasteiger partial charge is 0.00374 e. The van der Waals surface area contributed by atoms with Crippen LogP contribution in [-0.2, 0) is 0 Å². The highest BCUT2D eigenvalue weighted by Gasteiger charge is 2.19. The average Bonchev–Trinajstić information content (AvgIpc) is 2.10. The van der Waals surface area contributed by atoms with Crippen LogP contribution in [-0.4, -0.2) is 13.1 Å². The molecule has 0 atom stereocenters. The van der Waals surface area contributed by atoms with Crippen molar-refractivity contribution in [2.45, 2.75) is 34.1 Å². The van der Waals surface area contributed by atoms with Gasteiger partial charge in [-0.25, -0.2) is 0 Å². The van der Waals surface area contributed by atoms with Gasteiger partial charge in [-0.05, 0) is 24.3 Å². The molecular weight excluding hydrogens is 146 g/mol. The predicted octanol–water partition coefficient (Wildman–Crippen LogP) is 2.59. The highest BCUT2D eigenvalue weighted by molar-refractivity contribution is 5.12. The van der Waals surface area contributed by atoms with Gasteiger partial charge in [-0.2, -0.15) is 0 Å². The van der Waals surface area contributed by atoms with Gasteiger partial charge in [-0.3, -0.25) is 0 Å². The van der Waals surface area contributed by atoms with Crippen molar-refractivity contribution in [3.05, 3.63) is 11.6 Å². The van der Waals surface area contributed by atoms with E-state index in [0.29, 0.717) is 11.3 Å². The quantitative estimate of drug-likeness (QED) is 0.592. The first kappa shape index (κ1) is 9.79. The lowest BCUT2D eigenvalue weighted by Gasteiger charge is -2.20. The van der Waals surface area contributed by atoms with Gasteiger partial charge >= 0.3 is 0 Å². The molecule has 1 heterocycles. The summed E-state index contributed by atoms with van der Waals surface area (Å²) >= 11 is 0. The summed E-state index contributed by atoms with van der Waals surface area (Å²) in [7, 11) is 0. The molecule has 1 aliphatic rings. The average molecular weight is 167 g/mol. The number of hydrogen-bond donors (Lipinski definition) is 1. The van der Waals surface area contributed by atoms with Gasteiger partial charge in [0, 0.05) is 6.54 Å². The van der Waals surface area contributed by atoms with Crippen LogP contribution in [0.2, 0.25) is 0 Å². The van der Waals surface area contributed by atoms with Crippen molar-refractivity contribution in [1.82, 2.24) is 5.32 Å². The molecule has 1 N–H and O–H groups in total. The Labute approximate surface area is 76.2 Å². The second-order valence-electron chi connectivity index (χ2n) is 4.79. The van der Waals surface area contributed by atoms with E-state index in [0.717, 1.165) is 13.1 Å². The van der Waals surface area contributed by atoms with Gasteiger partial charge in [0.25, 0.3) is 0 Å². The molecule has 0 radical (unpaired) electrons. The van der Waals surface area contributed by atoms with Crippen molar-refractivity contribution in [3.8, 4) is 0 Å². The van der Waals surface area contributed by atoms with Crippen LogP contribution in [0.3, 0.4) is 0 Å². The standard InChI is InChI=1S/C11H21N/c1-9(2)10-5-6-12-8-11(3,4)7-10/h7,9,12H,5-6,8H2,1-4H3. The molecule has 0 unspecified atom stereocenters. The number of hydrogen-bond acceptors (Lipinski definition) is 1. The molecule has 70 valence electrons. The Bertz CT molecular complexity index is 177. The fourth-order valence-electron chi connectivity index (χ4n) is 1.72. The van der Waals surface area contributed by atoms with Gasteiger partial charge < -0.3 is 5.32 Å². The molecule has 0 aromatic carbocycles. The normalized spacial score (nSPS) is 23.6. The molecule has 0 bridgehead atoms. The molecule has 12 heavy (non-hydrogen) atoms. The van der Waals surface area contributed by atoms with Crippen molar-refractivity contribution >= 4 is 0 Å². The number of nitrogens with one attached hydrogen (secondary N) is 1. The van der Waals surface area contributed by atoms with Crippen LogP contribution >= 0.6 is 0 Å². The Morgan fingerprint density at radius 2 is 2.08 bits per heavy atom. The summed E-state index contributed by atoms with van der Waals surface area (Å²) in [6.45, 7) is 11.4. The molecule has 0 saturated heterocycles. The van der Waals surface area contributed by atoms with Gasteiger partial charge in [0.1, 0.15) is 0 Å². The Morgan fingerprint density at radius 3 is 2.67 bits per heavy atom. The van der Waals surface area contributed by atoms with Gasteiger partial charge in [-0.1, -0.05) is 39.3 Å². The van der Waals surface area contributed by atoms with Crippen molar-refractivity contribution in [2.24, 2.45) is 11.3 Å². The Morgan fingerprint density at radius 1 is 1.42 bits per heavy atom. The SMILES string of the molecule is CC(C)C1=CC(C)(C)CNCC1. The minimum absolute atomic E-state index is 0.343. The highest BCUT2D eigenvalue weighted by atomic mass is 14.9. The summed E-state index contributed by atoms with van der Waals surface area (Å²) in [5, 5.41) is 3.47. The third kappa shape index (κ3) is 2.63. The largest absolute Gasteiger partial charge is 0.316 e. The van der Waals surface area contributed by atoms with Crippen molar-refractivity contribution in [1.29, 1.82) is 0 Å². The molecular formula is C11H21N. The van der Waals surface area contributed by atoms with E-state index in [2.05, 4.69) is 39.1 Å². The van der Waals surface area contributed by atoms with Gasteiger partial charge in [0.15, 0.2) is 0 Å². The summed E-state index contributed by atoms with van der Waals surface area (Å²) in [6, 6.07) is 0. The van der Waals surface area contributed by atoms with E-state index in [-0.39, 0.29) is 0 Å². The summed E-state index contributed by atoms with van der Waals surface area (Å²) in [4.78, 5) is 0. The third-order valence-corrected chi connectivity index (χ3v) is 2.49. The molecule has 1 nitrogen and oxygen atoms in total. The lowest BCUT2D eigenvalue weighted by atomic mass is 9.88. The first-order chi connectivity index (χ1) is 5.51. The minimum atomic E-state index is 0.343. The van der Waals surface area contributed by atoms with E-state index in [1.54, 1.807) is 5.57 Å². The van der Waals surface area contributed by atoms with E-state index in [1.165, 1.54) is 6.42 Å². The van der Waals surface area contributed by atoms with Gasteiger partial charge in [0.2, 0.25) is 0 Å². The Kier molecular flexibility index (Phi) is 2.94. The molecule has 0 aromatic rings. The van der Waals surface area contributed by atoms with Crippen LogP contribution in [0.25, 0.3) is 0 Å². The monoisotopic (exact) mass is 167 g/mol. The van der Waals surface area contributed by atoms with Crippen LogP contribution < -0.4 is 5.32 Å². The van der Waals surface area contributed by atoms with E-state index >= 15 is 0 Å². The van der Waals surface area contributed by atoms with E-state index in [9.17, 15) is 0 Å². The minimum Gasteiger partial charge on any atom is -0.316 e. The maximum atomic E-state index is 3.47. The van der Waals surface area contributed by atoms with E-state index < -0.39 is 0 Å². The van der Waals surface area contributed by atoms with E-state index in [1.807, 2.05) is 0 Å². The Hall–Kier alpha value is -0.300. The van der Waals surface area contributed by atoms with Crippen molar-refractivity contribution < 1.29 is 0 Å². The molecule has 0 amide bonds. The summed E-state index contributed by atoms with van der Waals surface area (Å²) < 4.78 is 0. The fraction of sp³-hybridized carbons (Fsp3) is 0.818. The van der Waals surface area contributed by atoms with Gasteiger partial charge in [-0.15, -0.1) is 0 Å². The predicted molar refractivity (Wildman–Crippen MR) is 54.2 cm³/mol. The Balaban J connectivity index is 2.76. The molecule has 0 spiro atoms. The lowest BCUT2D eigenvalue weighted by molar-refractivity contribution is 0.446. The first-order valence-corrected chi connectivity index (χ1v) is 4.93. The summed E-state index contributed by atoms with van der Waals surface area (Å²) in [5.41, 5.74) is 1.96. The number of rotatable bonds is 1. The van der Waals surface area contributed by atoms with Crippen LogP contribution in [0.4, 0.5) is 0 Å². The molecule has 0 fully saturated rings. The zero-order valence-electron chi connectivity index (χ0n) is 8.78. The fourth-order valence-corrected chi connectivity index (χ4v) is 1.72. The van der Waals surface area contributed by atoms with Crippen LogP contribution in [0.1, 0.15) is 34.1 Å². The zero-order chi connectivity index (χ0) is 9.19. The molecule has 1 heteroatoms.